The lowest BCUT2D eigenvalue weighted by molar-refractivity contribution is -0.139. The minimum absolute atomic E-state index is 0.260. The van der Waals surface area contributed by atoms with Gasteiger partial charge in [0.05, 0.1) is 18.2 Å². The fourth-order valence-corrected chi connectivity index (χ4v) is 3.63. The molecule has 148 valence electrons. The Balaban J connectivity index is 1.80. The zero-order valence-electron chi connectivity index (χ0n) is 15.9. The van der Waals surface area contributed by atoms with Crippen molar-refractivity contribution in [3.63, 3.8) is 0 Å². The Hall–Kier alpha value is -2.81. The Morgan fingerprint density at radius 1 is 1.29 bits per heavy atom. The Morgan fingerprint density at radius 3 is 2.79 bits per heavy atom. The van der Waals surface area contributed by atoms with Gasteiger partial charge >= 0.3 is 12.0 Å². The van der Waals surface area contributed by atoms with Gasteiger partial charge in [-0.3, -0.25) is 0 Å². The van der Waals surface area contributed by atoms with Crippen LogP contribution in [0.25, 0.3) is 11.5 Å². The first-order valence-electron chi connectivity index (χ1n) is 9.03. The molecule has 3 rings (SSSR count). The lowest BCUT2D eigenvalue weighted by atomic mass is 10.0. The number of carbonyl (C=O) groups excluding carboxylic acids is 2. The van der Waals surface area contributed by atoms with E-state index in [1.54, 1.807) is 6.92 Å². The highest BCUT2D eigenvalue weighted by molar-refractivity contribution is 7.99. The van der Waals surface area contributed by atoms with Crippen LogP contribution in [0.2, 0.25) is 0 Å². The van der Waals surface area contributed by atoms with Crippen LogP contribution in [-0.4, -0.2) is 40.6 Å². The number of nitrogens with one attached hydrogen (secondary N) is 2. The fraction of sp³-hybridized carbons (Fsp3) is 0.368. The molecule has 1 atom stereocenters. The average Bonchev–Trinajstić information content (AvgIpc) is 3.15. The summed E-state index contributed by atoms with van der Waals surface area (Å²) < 4.78 is 10.9. The van der Waals surface area contributed by atoms with E-state index >= 15 is 0 Å². The summed E-state index contributed by atoms with van der Waals surface area (Å²) in [6.07, 6.45) is 0.577. The summed E-state index contributed by atoms with van der Waals surface area (Å²) >= 11 is 1.25. The first kappa shape index (κ1) is 19.9. The zero-order valence-corrected chi connectivity index (χ0v) is 16.8. The van der Waals surface area contributed by atoms with Crippen LogP contribution in [0, 0.1) is 6.92 Å². The summed E-state index contributed by atoms with van der Waals surface area (Å²) in [5.74, 6) is 0.289. The quantitative estimate of drug-likeness (QED) is 0.541. The molecular weight excluding hydrogens is 380 g/mol. The number of rotatable bonds is 7. The van der Waals surface area contributed by atoms with Crippen molar-refractivity contribution >= 4 is 23.8 Å². The zero-order chi connectivity index (χ0) is 20.1. The summed E-state index contributed by atoms with van der Waals surface area (Å²) in [7, 11) is 0. The van der Waals surface area contributed by atoms with Crippen molar-refractivity contribution in [3.8, 4) is 11.5 Å². The number of nitrogens with zero attached hydrogens (tertiary/aromatic N) is 2. The molecule has 8 nitrogen and oxygen atoms in total. The van der Waals surface area contributed by atoms with Crippen molar-refractivity contribution in [1.29, 1.82) is 0 Å². The van der Waals surface area contributed by atoms with Gasteiger partial charge in [0.2, 0.25) is 5.89 Å². The fourth-order valence-electron chi connectivity index (χ4n) is 2.90. The molecule has 1 aliphatic heterocycles. The maximum Gasteiger partial charge on any atom is 0.337 e. The van der Waals surface area contributed by atoms with Crippen LogP contribution in [-0.2, 0) is 9.53 Å². The summed E-state index contributed by atoms with van der Waals surface area (Å²) in [4.78, 5) is 24.3. The summed E-state index contributed by atoms with van der Waals surface area (Å²) in [6.45, 7) is 5.87. The molecule has 0 spiro atoms. The number of thioether (sulfide) groups is 1. The summed E-state index contributed by atoms with van der Waals surface area (Å²) in [6, 6.07) is 6.99. The first-order valence-corrected chi connectivity index (χ1v) is 10.0. The molecule has 1 aromatic heterocycles. The third kappa shape index (κ3) is 4.36. The normalized spacial score (nSPS) is 16.5. The molecule has 9 heteroatoms. The van der Waals surface area contributed by atoms with Gasteiger partial charge < -0.3 is 19.8 Å². The average molecular weight is 402 g/mol. The highest BCUT2D eigenvalue weighted by Crippen LogP contribution is 2.28. The SMILES string of the molecule is CCOC(=O)C1=C(CSc2nnc(-c3ccccc3C)o2)NC(=O)N[C@H]1CC. The van der Waals surface area contributed by atoms with Crippen molar-refractivity contribution in [3.05, 3.63) is 41.1 Å². The molecule has 0 saturated heterocycles. The van der Waals surface area contributed by atoms with Gasteiger partial charge in [0, 0.05) is 17.0 Å². The third-order valence-corrected chi connectivity index (χ3v) is 5.11. The molecule has 2 aromatic rings. The number of ether oxygens (including phenoxy) is 1. The van der Waals surface area contributed by atoms with Gasteiger partial charge in [-0.15, -0.1) is 10.2 Å². The van der Waals surface area contributed by atoms with Crippen LogP contribution in [0.15, 0.2) is 45.2 Å². The number of aryl methyl sites for hydroxylation is 1. The number of benzene rings is 1. The molecule has 2 heterocycles. The van der Waals surface area contributed by atoms with E-state index in [9.17, 15) is 9.59 Å². The number of esters is 1. The second-order valence-corrected chi connectivity index (χ2v) is 7.08. The number of carbonyl (C=O) groups is 2. The molecule has 0 unspecified atom stereocenters. The molecule has 0 fully saturated rings. The maximum atomic E-state index is 12.4. The predicted octanol–water partition coefficient (Wildman–Crippen LogP) is 3.05. The van der Waals surface area contributed by atoms with Crippen LogP contribution >= 0.6 is 11.8 Å². The number of aromatic nitrogens is 2. The number of hydrogen-bond donors (Lipinski definition) is 2. The minimum atomic E-state index is -0.441. The summed E-state index contributed by atoms with van der Waals surface area (Å²) in [5.41, 5.74) is 2.82. The van der Waals surface area contributed by atoms with Gasteiger partial charge in [-0.05, 0) is 31.9 Å². The lowest BCUT2D eigenvalue weighted by Gasteiger charge is -2.28. The second kappa shape index (κ2) is 8.92. The lowest BCUT2D eigenvalue weighted by Crippen LogP contribution is -2.50. The highest BCUT2D eigenvalue weighted by atomic mass is 32.2. The van der Waals surface area contributed by atoms with Crippen LogP contribution in [0.1, 0.15) is 25.8 Å². The molecule has 0 aliphatic carbocycles. The predicted molar refractivity (Wildman–Crippen MR) is 105 cm³/mol. The van der Waals surface area contributed by atoms with Crippen LogP contribution in [0.5, 0.6) is 0 Å². The molecule has 28 heavy (non-hydrogen) atoms. The number of amides is 2. The van der Waals surface area contributed by atoms with E-state index in [1.165, 1.54) is 11.8 Å². The van der Waals surface area contributed by atoms with Crippen molar-refractivity contribution in [2.75, 3.05) is 12.4 Å². The Labute approximate surface area is 167 Å². The molecule has 1 aromatic carbocycles. The van der Waals surface area contributed by atoms with Crippen LogP contribution in [0.3, 0.4) is 0 Å². The number of urea groups is 1. The van der Waals surface area contributed by atoms with E-state index in [4.69, 9.17) is 9.15 Å². The highest BCUT2D eigenvalue weighted by Gasteiger charge is 2.31. The van der Waals surface area contributed by atoms with Gasteiger partial charge in [-0.25, -0.2) is 9.59 Å². The van der Waals surface area contributed by atoms with E-state index in [0.29, 0.717) is 34.6 Å². The minimum Gasteiger partial charge on any atom is -0.463 e. The van der Waals surface area contributed by atoms with E-state index < -0.39 is 12.0 Å². The van der Waals surface area contributed by atoms with E-state index in [1.807, 2.05) is 38.1 Å². The van der Waals surface area contributed by atoms with Gasteiger partial charge in [0.15, 0.2) is 0 Å². The van der Waals surface area contributed by atoms with Gasteiger partial charge in [-0.1, -0.05) is 36.9 Å². The largest absolute Gasteiger partial charge is 0.463 e. The van der Waals surface area contributed by atoms with Crippen molar-refractivity contribution in [1.82, 2.24) is 20.8 Å². The third-order valence-electron chi connectivity index (χ3n) is 4.27. The van der Waals surface area contributed by atoms with E-state index in [-0.39, 0.29) is 12.6 Å². The smallest absolute Gasteiger partial charge is 0.337 e. The topological polar surface area (TPSA) is 106 Å². The maximum absolute atomic E-state index is 12.4. The molecule has 0 bridgehead atoms. The summed E-state index contributed by atoms with van der Waals surface area (Å²) in [5, 5.41) is 14.0. The van der Waals surface area contributed by atoms with Crippen molar-refractivity contribution in [2.45, 2.75) is 38.5 Å². The molecule has 2 amide bonds. The monoisotopic (exact) mass is 402 g/mol. The standard InChI is InChI=1S/C19H22N4O4S/c1-4-13-15(17(24)26-5-2)14(21-18(25)20-13)10-28-19-23-22-16(27-19)12-9-7-6-8-11(12)3/h6-9,13H,4-5,10H2,1-3H3,(H2,20,21,25)/t13-/m0/s1. The Bertz CT molecular complexity index is 909. The van der Waals surface area contributed by atoms with Crippen LogP contribution in [0.4, 0.5) is 4.79 Å². The molecule has 0 saturated carbocycles. The van der Waals surface area contributed by atoms with Crippen LogP contribution < -0.4 is 10.6 Å². The van der Waals surface area contributed by atoms with Gasteiger partial charge in [0.1, 0.15) is 0 Å². The van der Waals surface area contributed by atoms with Crippen molar-refractivity contribution in [2.24, 2.45) is 0 Å². The molecular formula is C19H22N4O4S. The molecule has 0 radical (unpaired) electrons. The van der Waals surface area contributed by atoms with E-state index in [0.717, 1.165) is 11.1 Å². The number of hydrogen-bond acceptors (Lipinski definition) is 7. The second-order valence-electron chi connectivity index (χ2n) is 6.15. The first-order chi connectivity index (χ1) is 13.5. The Kier molecular flexibility index (Phi) is 6.35. The van der Waals surface area contributed by atoms with E-state index in [2.05, 4.69) is 20.8 Å². The van der Waals surface area contributed by atoms with Crippen molar-refractivity contribution < 1.29 is 18.7 Å². The van der Waals surface area contributed by atoms with Gasteiger partial charge in [0.25, 0.3) is 5.22 Å². The molecule has 1 aliphatic rings. The Morgan fingerprint density at radius 2 is 2.07 bits per heavy atom. The molecule has 2 N–H and O–H groups in total. The van der Waals surface area contributed by atoms with Gasteiger partial charge in [-0.2, -0.15) is 0 Å².